The average Bonchev–Trinajstić information content (AvgIpc) is 3.38. The summed E-state index contributed by atoms with van der Waals surface area (Å²) in [5.74, 6) is 0.268. The Morgan fingerprint density at radius 2 is 1.82 bits per heavy atom. The molecule has 0 saturated heterocycles. The Hall–Kier alpha value is -3.07. The van der Waals surface area contributed by atoms with E-state index >= 15 is 0 Å². The van der Waals surface area contributed by atoms with Gasteiger partial charge in [0.2, 0.25) is 21.8 Å². The minimum absolute atomic E-state index is 0.116. The molecule has 2 aromatic carbocycles. The lowest BCUT2D eigenvalue weighted by Crippen LogP contribution is -2.51. The number of aryl methyl sites for hydroxylation is 1. The predicted molar refractivity (Wildman–Crippen MR) is 151 cm³/mol. The molecule has 2 aromatic rings. The summed E-state index contributed by atoms with van der Waals surface area (Å²) in [6, 6.07) is 14.4. The van der Waals surface area contributed by atoms with E-state index in [0.29, 0.717) is 30.8 Å². The van der Waals surface area contributed by atoms with E-state index in [0.717, 1.165) is 43.1 Å². The van der Waals surface area contributed by atoms with Crippen LogP contribution in [0, 0.1) is 6.92 Å². The molecule has 2 amide bonds. The molecule has 38 heavy (non-hydrogen) atoms. The standard InChI is InChI=1S/C29H41N3O5S/c1-5-27(29(34)30-24-13-6-7-14-24)31(21-23-12-8-11-22(2)19-23)28(33)17-10-18-32(38(4,35)36)25-15-9-16-26(20-25)37-3/h8-9,11-12,15-16,19-20,24,27H,5-7,10,13-14,17-18,21H2,1-4H3,(H,30,34). The molecule has 1 atom stereocenters. The molecule has 1 fully saturated rings. The minimum Gasteiger partial charge on any atom is -0.497 e. The third-order valence-electron chi connectivity index (χ3n) is 7.02. The Balaban J connectivity index is 1.76. The molecule has 9 heteroatoms. The molecule has 208 valence electrons. The summed E-state index contributed by atoms with van der Waals surface area (Å²) in [4.78, 5) is 28.6. The first-order valence-corrected chi connectivity index (χ1v) is 15.2. The van der Waals surface area contributed by atoms with Gasteiger partial charge in [0.25, 0.3) is 0 Å². The van der Waals surface area contributed by atoms with Crippen LogP contribution in [-0.2, 0) is 26.2 Å². The Morgan fingerprint density at radius 3 is 2.45 bits per heavy atom. The first-order valence-electron chi connectivity index (χ1n) is 13.4. The highest BCUT2D eigenvalue weighted by Crippen LogP contribution is 2.24. The van der Waals surface area contributed by atoms with E-state index < -0.39 is 16.1 Å². The second kappa shape index (κ2) is 13.6. The van der Waals surface area contributed by atoms with Crippen LogP contribution in [-0.4, -0.2) is 57.1 Å². The van der Waals surface area contributed by atoms with Gasteiger partial charge in [0, 0.05) is 31.6 Å². The van der Waals surface area contributed by atoms with Gasteiger partial charge in [-0.3, -0.25) is 13.9 Å². The predicted octanol–water partition coefficient (Wildman–Crippen LogP) is 4.42. The second-order valence-corrected chi connectivity index (χ2v) is 12.0. The molecule has 1 aliphatic rings. The Labute approximate surface area is 227 Å². The highest BCUT2D eigenvalue weighted by atomic mass is 32.2. The molecule has 1 aliphatic carbocycles. The van der Waals surface area contributed by atoms with Gasteiger partial charge in [0.1, 0.15) is 11.8 Å². The van der Waals surface area contributed by atoms with E-state index in [1.807, 2.05) is 38.1 Å². The highest BCUT2D eigenvalue weighted by molar-refractivity contribution is 7.92. The fourth-order valence-corrected chi connectivity index (χ4v) is 6.02. The summed E-state index contributed by atoms with van der Waals surface area (Å²) < 4.78 is 31.7. The van der Waals surface area contributed by atoms with Crippen molar-refractivity contribution in [3.8, 4) is 5.75 Å². The number of hydrogen-bond acceptors (Lipinski definition) is 5. The van der Waals surface area contributed by atoms with Crippen molar-refractivity contribution in [3.63, 3.8) is 0 Å². The van der Waals surface area contributed by atoms with Crippen LogP contribution in [0.5, 0.6) is 5.75 Å². The Kier molecular flexibility index (Phi) is 10.6. The lowest BCUT2D eigenvalue weighted by atomic mass is 10.1. The molecule has 0 bridgehead atoms. The van der Waals surface area contributed by atoms with E-state index in [9.17, 15) is 18.0 Å². The number of sulfonamides is 1. The van der Waals surface area contributed by atoms with Crippen molar-refractivity contribution in [2.45, 2.75) is 77.4 Å². The topological polar surface area (TPSA) is 96.0 Å². The number of ether oxygens (including phenoxy) is 1. The van der Waals surface area contributed by atoms with Gasteiger partial charge in [-0.2, -0.15) is 0 Å². The van der Waals surface area contributed by atoms with E-state index in [4.69, 9.17) is 4.74 Å². The molecule has 0 radical (unpaired) electrons. The minimum atomic E-state index is -3.57. The van der Waals surface area contributed by atoms with Gasteiger partial charge >= 0.3 is 0 Å². The number of benzene rings is 2. The number of anilines is 1. The Morgan fingerprint density at radius 1 is 1.11 bits per heavy atom. The molecule has 8 nitrogen and oxygen atoms in total. The number of nitrogens with zero attached hydrogens (tertiary/aromatic N) is 2. The van der Waals surface area contributed by atoms with Crippen LogP contribution in [0.1, 0.15) is 63.0 Å². The van der Waals surface area contributed by atoms with Gasteiger partial charge in [0.05, 0.1) is 19.1 Å². The van der Waals surface area contributed by atoms with Gasteiger partial charge < -0.3 is 15.0 Å². The molecule has 3 rings (SSSR count). The van der Waals surface area contributed by atoms with Gasteiger partial charge in [-0.05, 0) is 50.3 Å². The summed E-state index contributed by atoms with van der Waals surface area (Å²) in [6.45, 7) is 4.38. The quantitative estimate of drug-likeness (QED) is 0.404. The SMILES string of the molecule is CCC(C(=O)NC1CCCC1)N(Cc1cccc(C)c1)C(=O)CCCN(c1cccc(OC)c1)S(C)(=O)=O. The third-order valence-corrected chi connectivity index (χ3v) is 8.21. The van der Waals surface area contributed by atoms with Crippen molar-refractivity contribution >= 4 is 27.5 Å². The number of amides is 2. The van der Waals surface area contributed by atoms with Crippen molar-refractivity contribution < 1.29 is 22.7 Å². The molecule has 1 unspecified atom stereocenters. The van der Waals surface area contributed by atoms with E-state index in [1.54, 1.807) is 29.2 Å². The van der Waals surface area contributed by atoms with Gasteiger partial charge in [0.15, 0.2) is 0 Å². The largest absolute Gasteiger partial charge is 0.497 e. The summed E-state index contributed by atoms with van der Waals surface area (Å²) >= 11 is 0. The van der Waals surface area contributed by atoms with Crippen molar-refractivity contribution in [1.82, 2.24) is 10.2 Å². The van der Waals surface area contributed by atoms with Crippen LogP contribution in [0.2, 0.25) is 0 Å². The van der Waals surface area contributed by atoms with Crippen molar-refractivity contribution in [2.75, 3.05) is 24.2 Å². The lowest BCUT2D eigenvalue weighted by Gasteiger charge is -2.32. The summed E-state index contributed by atoms with van der Waals surface area (Å²) in [5, 5.41) is 3.16. The first-order chi connectivity index (χ1) is 18.1. The second-order valence-electron chi connectivity index (χ2n) is 10.1. The number of nitrogens with one attached hydrogen (secondary N) is 1. The first kappa shape index (κ1) is 29.5. The van der Waals surface area contributed by atoms with Crippen LogP contribution in [0.4, 0.5) is 5.69 Å². The molecular weight excluding hydrogens is 502 g/mol. The molecule has 0 aromatic heterocycles. The Bertz CT molecular complexity index is 1190. The van der Waals surface area contributed by atoms with Gasteiger partial charge in [-0.1, -0.05) is 55.7 Å². The lowest BCUT2D eigenvalue weighted by molar-refractivity contribution is -0.141. The van der Waals surface area contributed by atoms with Crippen molar-refractivity contribution in [2.24, 2.45) is 0 Å². The number of carbonyl (C=O) groups is 2. The zero-order valence-electron chi connectivity index (χ0n) is 23.0. The van der Waals surface area contributed by atoms with Gasteiger partial charge in [-0.25, -0.2) is 8.42 Å². The van der Waals surface area contributed by atoms with Crippen LogP contribution in [0.25, 0.3) is 0 Å². The van der Waals surface area contributed by atoms with E-state index in [-0.39, 0.29) is 30.8 Å². The van der Waals surface area contributed by atoms with Crippen LogP contribution in [0.15, 0.2) is 48.5 Å². The van der Waals surface area contributed by atoms with Gasteiger partial charge in [-0.15, -0.1) is 0 Å². The van der Waals surface area contributed by atoms with Crippen molar-refractivity contribution in [3.05, 3.63) is 59.7 Å². The van der Waals surface area contributed by atoms with E-state index in [2.05, 4.69) is 5.32 Å². The number of carbonyl (C=O) groups excluding carboxylic acids is 2. The molecule has 0 spiro atoms. The molecule has 0 heterocycles. The molecule has 1 saturated carbocycles. The normalized spacial score (nSPS) is 14.6. The van der Waals surface area contributed by atoms with Crippen LogP contribution >= 0.6 is 0 Å². The van der Waals surface area contributed by atoms with Crippen molar-refractivity contribution in [1.29, 1.82) is 0 Å². The number of rotatable bonds is 13. The molecular formula is C29H41N3O5S. The van der Waals surface area contributed by atoms with E-state index in [1.165, 1.54) is 11.4 Å². The van der Waals surface area contributed by atoms with Crippen LogP contribution in [0.3, 0.4) is 0 Å². The highest BCUT2D eigenvalue weighted by Gasteiger charge is 2.30. The zero-order chi connectivity index (χ0) is 27.7. The summed E-state index contributed by atoms with van der Waals surface area (Å²) in [7, 11) is -2.05. The fraction of sp³-hybridized carbons (Fsp3) is 0.517. The summed E-state index contributed by atoms with van der Waals surface area (Å²) in [5.41, 5.74) is 2.53. The smallest absolute Gasteiger partial charge is 0.243 e. The third kappa shape index (κ3) is 8.21. The monoisotopic (exact) mass is 543 g/mol. The zero-order valence-corrected chi connectivity index (χ0v) is 23.8. The molecule has 1 N–H and O–H groups in total. The number of methoxy groups -OCH3 is 1. The number of hydrogen-bond donors (Lipinski definition) is 1. The maximum Gasteiger partial charge on any atom is 0.243 e. The maximum atomic E-state index is 13.6. The fourth-order valence-electron chi connectivity index (χ4n) is 5.06. The average molecular weight is 544 g/mol. The maximum absolute atomic E-state index is 13.6. The van der Waals surface area contributed by atoms with Crippen LogP contribution < -0.4 is 14.4 Å². The molecule has 0 aliphatic heterocycles. The summed E-state index contributed by atoms with van der Waals surface area (Å²) in [6.07, 6.45) is 6.24.